The van der Waals surface area contributed by atoms with Crippen molar-refractivity contribution >= 4 is 11.5 Å². The monoisotopic (exact) mass is 189 g/mol. The van der Waals surface area contributed by atoms with Crippen LogP contribution in [0.4, 0.5) is 0 Å². The maximum Gasteiger partial charge on any atom is 0.328 e. The van der Waals surface area contributed by atoms with Crippen LogP contribution in [0, 0.1) is 5.92 Å². The van der Waals surface area contributed by atoms with E-state index in [-0.39, 0.29) is 5.92 Å². The van der Waals surface area contributed by atoms with Crippen LogP contribution in [0.1, 0.15) is 18.1 Å². The van der Waals surface area contributed by atoms with Gasteiger partial charge in [-0.25, -0.2) is 4.79 Å². The third-order valence-corrected chi connectivity index (χ3v) is 2.56. The van der Waals surface area contributed by atoms with Crippen molar-refractivity contribution in [1.82, 2.24) is 4.98 Å². The number of nitrogens with zero attached hydrogens (tertiary/aromatic N) is 1. The SMILES string of the molecule is CC1Cc2ccncc2/C1=C/C(=O)O. The summed E-state index contributed by atoms with van der Waals surface area (Å²) in [6.45, 7) is 2.04. The van der Waals surface area contributed by atoms with Crippen molar-refractivity contribution in [3.63, 3.8) is 0 Å². The van der Waals surface area contributed by atoms with E-state index in [4.69, 9.17) is 5.11 Å². The first-order chi connectivity index (χ1) is 6.68. The maximum atomic E-state index is 10.6. The number of carboxylic acid groups (broad SMARTS) is 1. The number of carbonyl (C=O) groups is 1. The molecule has 1 N–H and O–H groups in total. The average molecular weight is 189 g/mol. The van der Waals surface area contributed by atoms with Gasteiger partial charge in [0.2, 0.25) is 0 Å². The van der Waals surface area contributed by atoms with E-state index in [0.29, 0.717) is 0 Å². The molecule has 0 radical (unpaired) electrons. The van der Waals surface area contributed by atoms with Gasteiger partial charge >= 0.3 is 5.97 Å². The number of fused-ring (bicyclic) bond motifs is 1. The van der Waals surface area contributed by atoms with Crippen molar-refractivity contribution in [2.75, 3.05) is 0 Å². The fourth-order valence-corrected chi connectivity index (χ4v) is 1.92. The van der Waals surface area contributed by atoms with Crippen LogP contribution < -0.4 is 0 Å². The van der Waals surface area contributed by atoms with Gasteiger partial charge in [0.1, 0.15) is 0 Å². The third-order valence-electron chi connectivity index (χ3n) is 2.56. The second-order valence-corrected chi connectivity index (χ2v) is 3.58. The molecular formula is C11H11NO2. The summed E-state index contributed by atoms with van der Waals surface area (Å²) >= 11 is 0. The van der Waals surface area contributed by atoms with E-state index in [1.54, 1.807) is 12.4 Å². The van der Waals surface area contributed by atoms with Crippen LogP contribution >= 0.6 is 0 Å². The zero-order valence-electron chi connectivity index (χ0n) is 7.90. The van der Waals surface area contributed by atoms with Gasteiger partial charge in [-0.15, -0.1) is 0 Å². The minimum atomic E-state index is -0.886. The van der Waals surface area contributed by atoms with E-state index in [1.807, 2.05) is 13.0 Å². The van der Waals surface area contributed by atoms with Crippen molar-refractivity contribution in [3.05, 3.63) is 35.7 Å². The molecular weight excluding hydrogens is 178 g/mol. The predicted molar refractivity (Wildman–Crippen MR) is 52.7 cm³/mol. The molecule has 0 aliphatic heterocycles. The van der Waals surface area contributed by atoms with Crippen LogP contribution in [-0.4, -0.2) is 16.1 Å². The van der Waals surface area contributed by atoms with Crippen LogP contribution in [-0.2, 0) is 11.2 Å². The lowest BCUT2D eigenvalue weighted by molar-refractivity contribution is -0.131. The molecule has 1 unspecified atom stereocenters. The standard InChI is InChI=1S/C11H11NO2/c1-7-4-8-2-3-12-6-10(8)9(7)5-11(13)14/h2-3,5-7H,4H2,1H3,(H,13,14)/b9-5+. The van der Waals surface area contributed by atoms with Crippen LogP contribution in [0.15, 0.2) is 24.5 Å². The Bertz CT molecular complexity index is 410. The summed E-state index contributed by atoms with van der Waals surface area (Å²) in [6.07, 6.45) is 5.69. The second kappa shape index (κ2) is 3.25. The van der Waals surface area contributed by atoms with Gasteiger partial charge in [0.25, 0.3) is 0 Å². The highest BCUT2D eigenvalue weighted by Gasteiger charge is 2.23. The first-order valence-corrected chi connectivity index (χ1v) is 4.56. The van der Waals surface area contributed by atoms with Gasteiger partial charge in [-0.1, -0.05) is 6.92 Å². The van der Waals surface area contributed by atoms with Gasteiger partial charge in [-0.3, -0.25) is 4.98 Å². The molecule has 0 aromatic carbocycles. The fraction of sp³-hybridized carbons (Fsp3) is 0.273. The first kappa shape index (κ1) is 8.94. The van der Waals surface area contributed by atoms with E-state index in [2.05, 4.69) is 4.98 Å². The van der Waals surface area contributed by atoms with Gasteiger partial charge in [-0.2, -0.15) is 0 Å². The minimum Gasteiger partial charge on any atom is -0.478 e. The Labute approximate surface area is 82.1 Å². The molecule has 0 saturated heterocycles. The normalized spacial score (nSPS) is 22.4. The van der Waals surface area contributed by atoms with E-state index in [0.717, 1.165) is 17.6 Å². The van der Waals surface area contributed by atoms with E-state index < -0.39 is 5.97 Å². The molecule has 0 amide bonds. The zero-order chi connectivity index (χ0) is 10.1. The van der Waals surface area contributed by atoms with Crippen LogP contribution in [0.25, 0.3) is 5.57 Å². The molecule has 1 aliphatic rings. The summed E-state index contributed by atoms with van der Waals surface area (Å²) in [5.74, 6) is -0.603. The molecule has 1 aliphatic carbocycles. The van der Waals surface area contributed by atoms with Gasteiger partial charge in [0.15, 0.2) is 0 Å². The Morgan fingerprint density at radius 1 is 1.71 bits per heavy atom. The molecule has 0 bridgehead atoms. The lowest BCUT2D eigenvalue weighted by Gasteiger charge is -2.02. The Morgan fingerprint density at radius 2 is 2.50 bits per heavy atom. The highest BCUT2D eigenvalue weighted by Crippen LogP contribution is 2.35. The highest BCUT2D eigenvalue weighted by molar-refractivity contribution is 5.92. The van der Waals surface area contributed by atoms with Crippen molar-refractivity contribution in [2.45, 2.75) is 13.3 Å². The number of carboxylic acids is 1. The summed E-state index contributed by atoms with van der Waals surface area (Å²) < 4.78 is 0. The number of hydrogen-bond donors (Lipinski definition) is 1. The number of aromatic nitrogens is 1. The summed E-state index contributed by atoms with van der Waals surface area (Å²) in [4.78, 5) is 14.6. The number of allylic oxidation sites excluding steroid dienone is 1. The topological polar surface area (TPSA) is 50.2 Å². The Morgan fingerprint density at radius 3 is 3.21 bits per heavy atom. The Balaban J connectivity index is 2.50. The second-order valence-electron chi connectivity index (χ2n) is 3.58. The number of pyridine rings is 1. The van der Waals surface area contributed by atoms with E-state index in [1.165, 1.54) is 11.6 Å². The van der Waals surface area contributed by atoms with Crippen molar-refractivity contribution < 1.29 is 9.90 Å². The van der Waals surface area contributed by atoms with Crippen LogP contribution in [0.2, 0.25) is 0 Å². The lowest BCUT2D eigenvalue weighted by Crippen LogP contribution is -1.96. The lowest BCUT2D eigenvalue weighted by atomic mass is 10.0. The zero-order valence-corrected chi connectivity index (χ0v) is 7.90. The molecule has 0 saturated carbocycles. The average Bonchev–Trinajstić information content (AvgIpc) is 2.43. The fourth-order valence-electron chi connectivity index (χ4n) is 1.92. The molecule has 1 aromatic rings. The van der Waals surface area contributed by atoms with Crippen LogP contribution in [0.3, 0.4) is 0 Å². The number of aliphatic carboxylic acids is 1. The van der Waals surface area contributed by atoms with Gasteiger partial charge < -0.3 is 5.11 Å². The van der Waals surface area contributed by atoms with Crippen molar-refractivity contribution in [2.24, 2.45) is 5.92 Å². The smallest absolute Gasteiger partial charge is 0.328 e. The first-order valence-electron chi connectivity index (χ1n) is 4.56. The van der Waals surface area contributed by atoms with Gasteiger partial charge in [0.05, 0.1) is 0 Å². The van der Waals surface area contributed by atoms with Crippen molar-refractivity contribution in [3.8, 4) is 0 Å². The Hall–Kier alpha value is -1.64. The largest absolute Gasteiger partial charge is 0.478 e. The summed E-state index contributed by atoms with van der Waals surface area (Å²) in [5.41, 5.74) is 3.07. The minimum absolute atomic E-state index is 0.283. The summed E-state index contributed by atoms with van der Waals surface area (Å²) in [7, 11) is 0. The highest BCUT2D eigenvalue weighted by atomic mass is 16.4. The molecule has 1 heterocycles. The molecule has 1 atom stereocenters. The molecule has 72 valence electrons. The van der Waals surface area contributed by atoms with Gasteiger partial charge in [0, 0.05) is 18.5 Å². The predicted octanol–water partition coefficient (Wildman–Crippen LogP) is 1.74. The molecule has 2 rings (SSSR count). The molecule has 3 nitrogen and oxygen atoms in total. The Kier molecular flexibility index (Phi) is 2.08. The van der Waals surface area contributed by atoms with Gasteiger partial charge in [-0.05, 0) is 35.1 Å². The van der Waals surface area contributed by atoms with E-state index in [9.17, 15) is 4.79 Å². The summed E-state index contributed by atoms with van der Waals surface area (Å²) in [5, 5.41) is 8.72. The molecule has 14 heavy (non-hydrogen) atoms. The number of hydrogen-bond acceptors (Lipinski definition) is 2. The van der Waals surface area contributed by atoms with E-state index >= 15 is 0 Å². The third kappa shape index (κ3) is 1.41. The molecule has 0 spiro atoms. The van der Waals surface area contributed by atoms with Crippen molar-refractivity contribution in [1.29, 1.82) is 0 Å². The quantitative estimate of drug-likeness (QED) is 0.684. The maximum absolute atomic E-state index is 10.6. The molecule has 3 heteroatoms. The molecule has 1 aromatic heterocycles. The van der Waals surface area contributed by atoms with Crippen LogP contribution in [0.5, 0.6) is 0 Å². The molecule has 0 fully saturated rings. The number of rotatable bonds is 1. The summed E-state index contributed by atoms with van der Waals surface area (Å²) in [6, 6.07) is 1.95.